The van der Waals surface area contributed by atoms with Gasteiger partial charge in [-0.1, -0.05) is 18.3 Å². The third kappa shape index (κ3) is 0.995. The lowest BCUT2D eigenvalue weighted by Crippen LogP contribution is -1.91. The van der Waals surface area contributed by atoms with Crippen LogP contribution < -0.4 is 4.74 Å². The highest BCUT2D eigenvalue weighted by Crippen LogP contribution is 2.38. The maximum Gasteiger partial charge on any atom is 0.198 e. The predicted molar refractivity (Wildman–Crippen MR) is 59.3 cm³/mol. The molecule has 2 aromatic rings. The molecule has 1 aliphatic rings. The number of aryl methyl sites for hydroxylation is 1. The standard InChI is InChI=1S/C9H9BrN2OS/c1-2-5-7(10)12-6-3-4-13-8(6)14-9(12)11-5/h2-4H2,1H3. The largest absolute Gasteiger partial charge is 0.482 e. The van der Waals surface area contributed by atoms with E-state index in [0.29, 0.717) is 0 Å². The Bertz CT molecular complexity index is 497. The SMILES string of the molecule is CCc1nc2sc3c(n2c1Br)CCO3. The lowest BCUT2D eigenvalue weighted by molar-refractivity contribution is 0.365. The quantitative estimate of drug-likeness (QED) is 0.798. The molecule has 0 saturated carbocycles. The third-order valence-electron chi connectivity index (χ3n) is 2.45. The summed E-state index contributed by atoms with van der Waals surface area (Å²) in [6.45, 7) is 2.93. The van der Waals surface area contributed by atoms with E-state index in [0.717, 1.165) is 39.8 Å². The Morgan fingerprint density at radius 3 is 3.29 bits per heavy atom. The van der Waals surface area contributed by atoms with Gasteiger partial charge in [0.25, 0.3) is 0 Å². The molecule has 2 aromatic heterocycles. The number of aromatic nitrogens is 2. The van der Waals surface area contributed by atoms with Crippen LogP contribution in [0.1, 0.15) is 18.3 Å². The van der Waals surface area contributed by atoms with Gasteiger partial charge in [-0.15, -0.1) is 0 Å². The van der Waals surface area contributed by atoms with E-state index in [9.17, 15) is 0 Å². The molecule has 0 N–H and O–H groups in total. The Kier molecular flexibility index (Phi) is 1.85. The van der Waals surface area contributed by atoms with Crippen molar-refractivity contribution in [2.24, 2.45) is 0 Å². The van der Waals surface area contributed by atoms with Crippen LogP contribution in [0.3, 0.4) is 0 Å². The highest BCUT2D eigenvalue weighted by molar-refractivity contribution is 9.10. The number of hydrogen-bond donors (Lipinski definition) is 0. The number of nitrogens with zero attached hydrogens (tertiary/aromatic N) is 2. The zero-order valence-electron chi connectivity index (χ0n) is 7.71. The number of rotatable bonds is 1. The van der Waals surface area contributed by atoms with Crippen molar-refractivity contribution < 1.29 is 4.74 Å². The van der Waals surface area contributed by atoms with E-state index >= 15 is 0 Å². The van der Waals surface area contributed by atoms with Crippen molar-refractivity contribution in [1.29, 1.82) is 0 Å². The number of ether oxygens (including phenoxy) is 1. The van der Waals surface area contributed by atoms with Crippen molar-refractivity contribution in [3.8, 4) is 5.06 Å². The van der Waals surface area contributed by atoms with Gasteiger partial charge in [-0.3, -0.25) is 4.40 Å². The van der Waals surface area contributed by atoms with Gasteiger partial charge in [0.2, 0.25) is 0 Å². The normalized spacial score (nSPS) is 14.7. The highest BCUT2D eigenvalue weighted by atomic mass is 79.9. The van der Waals surface area contributed by atoms with Crippen LogP contribution in [0.25, 0.3) is 4.96 Å². The minimum atomic E-state index is 0.809. The van der Waals surface area contributed by atoms with Crippen LogP contribution in [0.2, 0.25) is 0 Å². The molecule has 0 amide bonds. The molecule has 0 unspecified atom stereocenters. The maximum atomic E-state index is 5.51. The molecule has 14 heavy (non-hydrogen) atoms. The van der Waals surface area contributed by atoms with Crippen LogP contribution >= 0.6 is 27.3 Å². The smallest absolute Gasteiger partial charge is 0.198 e. The molecule has 0 fully saturated rings. The molecule has 0 atom stereocenters. The van der Waals surface area contributed by atoms with E-state index in [2.05, 4.69) is 32.2 Å². The summed E-state index contributed by atoms with van der Waals surface area (Å²) >= 11 is 5.23. The molecular weight excluding hydrogens is 264 g/mol. The van der Waals surface area contributed by atoms with Gasteiger partial charge in [0, 0.05) is 6.42 Å². The predicted octanol–water partition coefficient (Wildman–Crippen LogP) is 2.66. The summed E-state index contributed by atoms with van der Waals surface area (Å²) in [7, 11) is 0. The Morgan fingerprint density at radius 2 is 2.50 bits per heavy atom. The van der Waals surface area contributed by atoms with E-state index < -0.39 is 0 Å². The lowest BCUT2D eigenvalue weighted by Gasteiger charge is -1.93. The molecular formula is C9H9BrN2OS. The molecule has 3 rings (SSSR count). The van der Waals surface area contributed by atoms with Crippen LogP contribution in [0.15, 0.2) is 4.60 Å². The van der Waals surface area contributed by atoms with Crippen LogP contribution in [-0.2, 0) is 12.8 Å². The van der Waals surface area contributed by atoms with Crippen molar-refractivity contribution in [3.05, 3.63) is 16.0 Å². The Balaban J connectivity index is 2.34. The van der Waals surface area contributed by atoms with E-state index in [-0.39, 0.29) is 0 Å². The van der Waals surface area contributed by atoms with Crippen molar-refractivity contribution in [2.75, 3.05) is 6.61 Å². The summed E-state index contributed by atoms with van der Waals surface area (Å²) < 4.78 is 8.77. The molecule has 5 heteroatoms. The van der Waals surface area contributed by atoms with Gasteiger partial charge in [-0.2, -0.15) is 0 Å². The summed E-state index contributed by atoms with van der Waals surface area (Å²) in [6, 6.07) is 0. The third-order valence-corrected chi connectivity index (χ3v) is 4.26. The Hall–Kier alpha value is -0.550. The second kappa shape index (κ2) is 2.97. The van der Waals surface area contributed by atoms with Gasteiger partial charge in [-0.05, 0) is 22.4 Å². The topological polar surface area (TPSA) is 26.5 Å². The average molecular weight is 273 g/mol. The fraction of sp³-hybridized carbons (Fsp3) is 0.444. The molecule has 1 aliphatic heterocycles. The molecule has 0 saturated heterocycles. The number of hydrogen-bond acceptors (Lipinski definition) is 3. The molecule has 0 aliphatic carbocycles. The molecule has 0 bridgehead atoms. The fourth-order valence-corrected chi connectivity index (χ4v) is 3.69. The maximum absolute atomic E-state index is 5.51. The van der Waals surface area contributed by atoms with Crippen molar-refractivity contribution in [1.82, 2.24) is 9.38 Å². The van der Waals surface area contributed by atoms with E-state index in [4.69, 9.17) is 4.74 Å². The van der Waals surface area contributed by atoms with Crippen LogP contribution in [0.4, 0.5) is 0 Å². The monoisotopic (exact) mass is 272 g/mol. The molecule has 3 heterocycles. The van der Waals surface area contributed by atoms with Gasteiger partial charge in [0.15, 0.2) is 10.0 Å². The number of halogens is 1. The number of imidazole rings is 1. The van der Waals surface area contributed by atoms with E-state index in [1.807, 2.05) is 0 Å². The first-order valence-corrected chi connectivity index (χ1v) is 6.23. The summed E-state index contributed by atoms with van der Waals surface area (Å²) in [5, 5.41) is 1.04. The Labute approximate surface area is 93.8 Å². The molecule has 0 spiro atoms. The Morgan fingerprint density at radius 1 is 1.64 bits per heavy atom. The van der Waals surface area contributed by atoms with Crippen molar-refractivity contribution in [3.63, 3.8) is 0 Å². The minimum absolute atomic E-state index is 0.809. The lowest BCUT2D eigenvalue weighted by atomic mass is 10.3. The van der Waals surface area contributed by atoms with Gasteiger partial charge in [0.1, 0.15) is 4.60 Å². The van der Waals surface area contributed by atoms with Crippen molar-refractivity contribution in [2.45, 2.75) is 19.8 Å². The number of thiazole rings is 1. The summed E-state index contributed by atoms with van der Waals surface area (Å²) in [4.78, 5) is 5.59. The number of fused-ring (bicyclic) bond motifs is 3. The summed E-state index contributed by atoms with van der Waals surface area (Å²) in [5.41, 5.74) is 2.40. The molecule has 3 nitrogen and oxygen atoms in total. The molecule has 74 valence electrons. The highest BCUT2D eigenvalue weighted by Gasteiger charge is 2.23. The zero-order valence-corrected chi connectivity index (χ0v) is 10.1. The van der Waals surface area contributed by atoms with Gasteiger partial charge in [0.05, 0.1) is 18.0 Å². The average Bonchev–Trinajstić information content (AvgIpc) is 2.76. The van der Waals surface area contributed by atoms with E-state index in [1.54, 1.807) is 11.3 Å². The minimum Gasteiger partial charge on any atom is -0.482 e. The fourth-order valence-electron chi connectivity index (χ4n) is 1.75. The zero-order chi connectivity index (χ0) is 9.71. The molecule has 0 aromatic carbocycles. The first kappa shape index (κ1) is 8.73. The summed E-state index contributed by atoms with van der Waals surface area (Å²) in [5.74, 6) is 0. The first-order valence-electron chi connectivity index (χ1n) is 4.62. The van der Waals surface area contributed by atoms with E-state index in [1.165, 1.54) is 5.69 Å². The second-order valence-electron chi connectivity index (χ2n) is 3.26. The second-order valence-corrected chi connectivity index (χ2v) is 4.95. The first-order chi connectivity index (χ1) is 6.81. The van der Waals surface area contributed by atoms with Crippen molar-refractivity contribution >= 4 is 32.2 Å². The van der Waals surface area contributed by atoms with Gasteiger partial charge >= 0.3 is 0 Å². The van der Waals surface area contributed by atoms with Crippen LogP contribution in [-0.4, -0.2) is 16.0 Å². The van der Waals surface area contributed by atoms with Gasteiger partial charge < -0.3 is 4.74 Å². The molecule has 0 radical (unpaired) electrons. The van der Waals surface area contributed by atoms with Crippen LogP contribution in [0, 0.1) is 0 Å². The van der Waals surface area contributed by atoms with Gasteiger partial charge in [-0.25, -0.2) is 4.98 Å². The summed E-state index contributed by atoms with van der Waals surface area (Å²) in [6.07, 6.45) is 1.96. The van der Waals surface area contributed by atoms with Crippen LogP contribution in [0.5, 0.6) is 5.06 Å².